The van der Waals surface area contributed by atoms with Crippen LogP contribution in [0.4, 0.5) is 0 Å². The Morgan fingerprint density at radius 3 is 2.64 bits per heavy atom. The van der Waals surface area contributed by atoms with Gasteiger partial charge in [-0.15, -0.1) is 0 Å². The first kappa shape index (κ1) is 19.0. The van der Waals surface area contributed by atoms with Gasteiger partial charge in [-0.2, -0.15) is 0 Å². The second kappa shape index (κ2) is 7.59. The van der Waals surface area contributed by atoms with Gasteiger partial charge in [0.05, 0.1) is 0 Å². The van der Waals surface area contributed by atoms with Crippen LogP contribution in [0.3, 0.4) is 0 Å². The van der Waals surface area contributed by atoms with E-state index < -0.39 is 6.10 Å². The number of aliphatic hydroxyl groups is 1. The Morgan fingerprint density at radius 1 is 1.29 bits per heavy atom. The van der Waals surface area contributed by atoms with Gasteiger partial charge in [0, 0.05) is 36.2 Å². The summed E-state index contributed by atoms with van der Waals surface area (Å²) in [5, 5.41) is 10.4. The van der Waals surface area contributed by atoms with E-state index >= 15 is 0 Å². The Labute approximate surface area is 164 Å². The number of carbonyl (C=O) groups excluding carboxylic acids is 1. The summed E-state index contributed by atoms with van der Waals surface area (Å²) >= 11 is 0. The molecule has 4 rings (SSSR count). The second-order valence-corrected chi connectivity index (χ2v) is 8.01. The van der Waals surface area contributed by atoms with Gasteiger partial charge < -0.3 is 19.2 Å². The summed E-state index contributed by atoms with van der Waals surface area (Å²) in [6, 6.07) is 7.30. The fourth-order valence-electron chi connectivity index (χ4n) is 4.84. The molecule has 1 aromatic heterocycles. The number of rotatable bonds is 5. The van der Waals surface area contributed by atoms with Crippen molar-refractivity contribution in [1.82, 2.24) is 4.90 Å². The molecular weight excluding hydrogens is 358 g/mol. The van der Waals surface area contributed by atoms with Gasteiger partial charge in [-0.1, -0.05) is 6.92 Å². The minimum absolute atomic E-state index is 0.00671. The highest BCUT2D eigenvalue weighted by molar-refractivity contribution is 5.83. The number of ether oxygens (including phenoxy) is 1. The topological polar surface area (TPSA) is 80.0 Å². The van der Waals surface area contributed by atoms with Crippen LogP contribution in [0.25, 0.3) is 11.0 Å². The molecule has 2 fully saturated rings. The second-order valence-electron chi connectivity index (χ2n) is 8.01. The molecule has 2 aliphatic heterocycles. The zero-order valence-corrected chi connectivity index (χ0v) is 16.4. The molecule has 0 radical (unpaired) electrons. The number of amides is 1. The van der Waals surface area contributed by atoms with Gasteiger partial charge in [0.2, 0.25) is 0 Å². The molecule has 4 atom stereocenters. The molecule has 150 valence electrons. The van der Waals surface area contributed by atoms with Crippen LogP contribution in [0.5, 0.6) is 5.75 Å². The maximum absolute atomic E-state index is 13.0. The molecule has 1 amide bonds. The maximum atomic E-state index is 13.0. The molecule has 2 saturated heterocycles. The van der Waals surface area contributed by atoms with Crippen LogP contribution >= 0.6 is 0 Å². The third-order valence-corrected chi connectivity index (χ3v) is 6.19. The van der Waals surface area contributed by atoms with Crippen molar-refractivity contribution in [1.29, 1.82) is 0 Å². The number of carbonyl (C=O) groups is 1. The summed E-state index contributed by atoms with van der Waals surface area (Å²) in [4.78, 5) is 26.8. The highest BCUT2D eigenvalue weighted by atomic mass is 16.5. The minimum atomic E-state index is -0.618. The predicted molar refractivity (Wildman–Crippen MR) is 105 cm³/mol. The molecule has 2 aromatic rings. The Morgan fingerprint density at radius 2 is 2.00 bits per heavy atom. The number of nitrogens with zero attached hydrogens (tertiary/aromatic N) is 1. The van der Waals surface area contributed by atoms with Crippen molar-refractivity contribution < 1.29 is 19.1 Å². The summed E-state index contributed by atoms with van der Waals surface area (Å²) in [6.07, 6.45) is 3.86. The lowest BCUT2D eigenvalue weighted by atomic mass is 9.91. The molecular formula is C22H27NO5. The van der Waals surface area contributed by atoms with Crippen LogP contribution < -0.4 is 10.4 Å². The average molecular weight is 385 g/mol. The number of benzene rings is 1. The molecule has 0 saturated carbocycles. The van der Waals surface area contributed by atoms with Crippen LogP contribution in [0, 0.1) is 5.92 Å². The molecule has 2 bridgehead atoms. The lowest BCUT2D eigenvalue weighted by molar-refractivity contribution is -0.143. The summed E-state index contributed by atoms with van der Waals surface area (Å²) in [5.74, 6) is 0.809. The van der Waals surface area contributed by atoms with Gasteiger partial charge in [0.25, 0.3) is 5.91 Å². The van der Waals surface area contributed by atoms with Crippen molar-refractivity contribution in [2.24, 2.45) is 5.92 Å². The third kappa shape index (κ3) is 3.41. The summed E-state index contributed by atoms with van der Waals surface area (Å²) < 4.78 is 11.2. The quantitative estimate of drug-likeness (QED) is 0.801. The largest absolute Gasteiger partial charge is 0.481 e. The van der Waals surface area contributed by atoms with Gasteiger partial charge in [-0.25, -0.2) is 4.79 Å². The van der Waals surface area contributed by atoms with Gasteiger partial charge >= 0.3 is 5.63 Å². The fraction of sp³-hybridized carbons (Fsp3) is 0.545. The summed E-state index contributed by atoms with van der Waals surface area (Å²) in [7, 11) is 0. The van der Waals surface area contributed by atoms with Crippen molar-refractivity contribution in [2.45, 2.75) is 64.1 Å². The molecule has 0 aliphatic carbocycles. The van der Waals surface area contributed by atoms with E-state index in [1.165, 1.54) is 6.07 Å². The zero-order valence-electron chi connectivity index (χ0n) is 16.4. The number of fused-ring (bicyclic) bond motifs is 3. The number of piperidine rings is 1. The molecule has 28 heavy (non-hydrogen) atoms. The monoisotopic (exact) mass is 385 g/mol. The van der Waals surface area contributed by atoms with Crippen LogP contribution in [0.2, 0.25) is 0 Å². The summed E-state index contributed by atoms with van der Waals surface area (Å²) in [6.45, 7) is 3.96. The van der Waals surface area contributed by atoms with Crippen molar-refractivity contribution >= 4 is 16.9 Å². The van der Waals surface area contributed by atoms with E-state index in [9.17, 15) is 14.7 Å². The van der Waals surface area contributed by atoms with Gasteiger partial charge in [0.1, 0.15) is 11.3 Å². The molecule has 1 N–H and O–H groups in total. The van der Waals surface area contributed by atoms with E-state index in [2.05, 4.69) is 0 Å². The van der Waals surface area contributed by atoms with Crippen LogP contribution in [-0.2, 0) is 11.2 Å². The van der Waals surface area contributed by atoms with Crippen molar-refractivity contribution in [3.05, 3.63) is 40.2 Å². The van der Waals surface area contributed by atoms with E-state index in [0.717, 1.165) is 43.1 Å². The minimum Gasteiger partial charge on any atom is -0.481 e. The Kier molecular flexibility index (Phi) is 5.15. The van der Waals surface area contributed by atoms with Gasteiger partial charge in [-0.3, -0.25) is 4.79 Å². The lowest BCUT2D eigenvalue weighted by Crippen LogP contribution is -2.51. The van der Waals surface area contributed by atoms with E-state index in [-0.39, 0.29) is 30.2 Å². The standard InChI is InChI=1S/C22H27NO5/c1-3-15-10-21(25)28-20-11-18(6-7-19(15)20)27-13(2)22(26)23-16-4-5-17(23)9-14(8-16)12-24/h6-7,10-11,13-14,16-17,24H,3-5,8-9,12H2,1-2H3/t13?,14?,16-,17+. The lowest BCUT2D eigenvalue weighted by Gasteiger charge is -2.39. The van der Waals surface area contributed by atoms with Crippen LogP contribution in [0.15, 0.2) is 33.5 Å². The first-order chi connectivity index (χ1) is 13.5. The number of aryl methyl sites for hydroxylation is 1. The maximum Gasteiger partial charge on any atom is 0.336 e. The number of aliphatic hydroxyl groups excluding tert-OH is 1. The molecule has 3 heterocycles. The van der Waals surface area contributed by atoms with Gasteiger partial charge in [0.15, 0.2) is 6.10 Å². The smallest absolute Gasteiger partial charge is 0.336 e. The molecule has 6 nitrogen and oxygen atoms in total. The predicted octanol–water partition coefficient (Wildman–Crippen LogP) is 2.88. The molecule has 1 aromatic carbocycles. The SMILES string of the molecule is CCc1cc(=O)oc2cc(OC(C)C(=O)N3[C@@H]4CC[C@H]3CC(CO)C4)ccc12. The Balaban J connectivity index is 1.51. The third-order valence-electron chi connectivity index (χ3n) is 6.19. The average Bonchev–Trinajstić information content (AvgIpc) is 2.95. The van der Waals surface area contributed by atoms with Crippen LogP contribution in [0.1, 0.15) is 45.1 Å². The Hall–Kier alpha value is -2.34. The van der Waals surface area contributed by atoms with Crippen molar-refractivity contribution in [3.8, 4) is 5.75 Å². The van der Waals surface area contributed by atoms with E-state index in [4.69, 9.17) is 9.15 Å². The van der Waals surface area contributed by atoms with E-state index in [0.29, 0.717) is 17.3 Å². The zero-order chi connectivity index (χ0) is 19.8. The summed E-state index contributed by atoms with van der Waals surface area (Å²) in [5.41, 5.74) is 1.03. The normalized spacial score (nSPS) is 25.1. The first-order valence-corrected chi connectivity index (χ1v) is 10.2. The van der Waals surface area contributed by atoms with E-state index in [1.54, 1.807) is 13.0 Å². The Bertz CT molecular complexity index is 922. The number of hydrogen-bond acceptors (Lipinski definition) is 5. The molecule has 6 heteroatoms. The highest BCUT2D eigenvalue weighted by Crippen LogP contribution is 2.39. The molecule has 0 spiro atoms. The fourth-order valence-corrected chi connectivity index (χ4v) is 4.84. The highest BCUT2D eigenvalue weighted by Gasteiger charge is 2.44. The van der Waals surface area contributed by atoms with Gasteiger partial charge in [-0.05, 0) is 62.6 Å². The molecule has 2 aliphatic rings. The number of hydrogen-bond donors (Lipinski definition) is 1. The van der Waals surface area contributed by atoms with Crippen LogP contribution in [-0.4, -0.2) is 40.7 Å². The van der Waals surface area contributed by atoms with E-state index in [1.807, 2.05) is 24.0 Å². The van der Waals surface area contributed by atoms with Crippen molar-refractivity contribution in [2.75, 3.05) is 6.61 Å². The first-order valence-electron chi connectivity index (χ1n) is 10.2. The van der Waals surface area contributed by atoms with Crippen molar-refractivity contribution in [3.63, 3.8) is 0 Å². The molecule has 2 unspecified atom stereocenters.